The molecule has 0 spiro atoms. The summed E-state index contributed by atoms with van der Waals surface area (Å²) >= 11 is 0. The van der Waals surface area contributed by atoms with Crippen LogP contribution < -0.4 is 5.32 Å². The van der Waals surface area contributed by atoms with Crippen molar-refractivity contribution in [1.29, 1.82) is 0 Å². The Morgan fingerprint density at radius 2 is 1.65 bits per heavy atom. The van der Waals surface area contributed by atoms with Crippen molar-refractivity contribution in [3.05, 3.63) is 77.6 Å². The number of hydrogen-bond acceptors (Lipinski definition) is 6. The van der Waals surface area contributed by atoms with Crippen molar-refractivity contribution in [2.75, 3.05) is 6.61 Å². The molecule has 0 radical (unpaired) electrons. The summed E-state index contributed by atoms with van der Waals surface area (Å²) in [7, 11) is 0. The van der Waals surface area contributed by atoms with Crippen molar-refractivity contribution in [3.8, 4) is 0 Å². The summed E-state index contributed by atoms with van der Waals surface area (Å²) < 4.78 is 10.9. The van der Waals surface area contributed by atoms with Crippen LogP contribution in [0, 0.1) is 0 Å². The van der Waals surface area contributed by atoms with Crippen LogP contribution in [0.3, 0.4) is 0 Å². The molecule has 3 rings (SSSR count). The van der Waals surface area contributed by atoms with Gasteiger partial charge in [-0.3, -0.25) is 0 Å². The number of benzene rings is 2. The molecule has 0 saturated heterocycles. The lowest BCUT2D eigenvalue weighted by atomic mass is 10.2. The number of carbonyl (C=O) groups is 1. The van der Waals surface area contributed by atoms with Gasteiger partial charge in [0.05, 0.1) is 13.2 Å². The molecule has 0 aliphatic heterocycles. The van der Waals surface area contributed by atoms with Crippen LogP contribution in [0.4, 0.5) is 4.79 Å². The number of aromatic amines is 1. The quantitative estimate of drug-likeness (QED) is 0.645. The highest BCUT2D eigenvalue weighted by molar-refractivity contribution is 5.67. The molecule has 134 valence electrons. The molecule has 2 aromatic carbocycles. The van der Waals surface area contributed by atoms with Gasteiger partial charge in [-0.25, -0.2) is 4.79 Å². The molecular formula is C18H19N5O3. The SMILES string of the molecule is O=C(N[C@@H](COCc1ccccc1)c1nn[nH]n1)OCc1ccccc1. The summed E-state index contributed by atoms with van der Waals surface area (Å²) in [5.41, 5.74) is 1.94. The third-order valence-electron chi connectivity index (χ3n) is 3.57. The minimum Gasteiger partial charge on any atom is -0.445 e. The standard InChI is InChI=1S/C18H19N5O3/c24-18(26-12-15-9-5-2-6-10-15)19-16(17-20-22-23-21-17)13-25-11-14-7-3-1-4-8-14/h1-10,16H,11-13H2,(H,19,24)(H,20,21,22,23)/t16-/m0/s1. The molecule has 8 heteroatoms. The van der Waals surface area contributed by atoms with E-state index >= 15 is 0 Å². The second kappa shape index (κ2) is 9.28. The number of ether oxygens (including phenoxy) is 2. The molecule has 1 atom stereocenters. The fourth-order valence-corrected chi connectivity index (χ4v) is 2.27. The number of aromatic nitrogens is 4. The Morgan fingerprint density at radius 3 is 2.27 bits per heavy atom. The van der Waals surface area contributed by atoms with Crippen LogP contribution >= 0.6 is 0 Å². The first-order valence-electron chi connectivity index (χ1n) is 8.13. The highest BCUT2D eigenvalue weighted by atomic mass is 16.5. The fourth-order valence-electron chi connectivity index (χ4n) is 2.27. The lowest BCUT2D eigenvalue weighted by Gasteiger charge is -2.15. The first kappa shape index (κ1) is 17.6. The minimum atomic E-state index is -0.577. The normalized spacial score (nSPS) is 11.7. The monoisotopic (exact) mass is 353 g/mol. The molecule has 0 aliphatic rings. The van der Waals surface area contributed by atoms with Gasteiger partial charge in [-0.1, -0.05) is 65.9 Å². The summed E-state index contributed by atoms with van der Waals surface area (Å²) in [4.78, 5) is 12.1. The molecule has 0 saturated carbocycles. The number of amides is 1. The Hall–Kier alpha value is -3.26. The zero-order valence-corrected chi connectivity index (χ0v) is 14.0. The average molecular weight is 353 g/mol. The Labute approximate surface area is 150 Å². The first-order valence-corrected chi connectivity index (χ1v) is 8.13. The van der Waals surface area contributed by atoms with E-state index in [-0.39, 0.29) is 13.2 Å². The molecule has 3 aromatic rings. The van der Waals surface area contributed by atoms with E-state index in [1.807, 2.05) is 60.7 Å². The number of tetrazole rings is 1. The van der Waals surface area contributed by atoms with E-state index in [0.29, 0.717) is 12.4 Å². The molecule has 2 N–H and O–H groups in total. The van der Waals surface area contributed by atoms with Gasteiger partial charge in [0.15, 0.2) is 5.82 Å². The van der Waals surface area contributed by atoms with Gasteiger partial charge in [-0.05, 0) is 11.1 Å². The fraction of sp³-hybridized carbons (Fsp3) is 0.222. The number of nitrogens with one attached hydrogen (secondary N) is 2. The summed E-state index contributed by atoms with van der Waals surface area (Å²) in [6, 6.07) is 18.6. The number of rotatable bonds is 8. The van der Waals surface area contributed by atoms with Crippen LogP contribution in [0.1, 0.15) is 23.0 Å². The maximum Gasteiger partial charge on any atom is 0.408 e. The second-order valence-corrected chi connectivity index (χ2v) is 5.53. The third-order valence-corrected chi connectivity index (χ3v) is 3.57. The number of hydrogen-bond donors (Lipinski definition) is 2. The van der Waals surface area contributed by atoms with Crippen molar-refractivity contribution in [2.24, 2.45) is 0 Å². The van der Waals surface area contributed by atoms with Crippen LogP contribution in [0.15, 0.2) is 60.7 Å². The number of alkyl carbamates (subject to hydrolysis) is 1. The van der Waals surface area contributed by atoms with Crippen molar-refractivity contribution in [2.45, 2.75) is 19.3 Å². The minimum absolute atomic E-state index is 0.177. The van der Waals surface area contributed by atoms with E-state index < -0.39 is 12.1 Å². The highest BCUT2D eigenvalue weighted by Gasteiger charge is 2.20. The Balaban J connectivity index is 1.52. The lowest BCUT2D eigenvalue weighted by Crippen LogP contribution is -2.32. The first-order chi connectivity index (χ1) is 12.8. The van der Waals surface area contributed by atoms with Crippen molar-refractivity contribution >= 4 is 6.09 Å². The van der Waals surface area contributed by atoms with Gasteiger partial charge in [-0.15, -0.1) is 10.2 Å². The largest absolute Gasteiger partial charge is 0.445 e. The predicted octanol–water partition coefficient (Wildman–Crippen LogP) is 2.38. The van der Waals surface area contributed by atoms with E-state index in [2.05, 4.69) is 25.9 Å². The van der Waals surface area contributed by atoms with Gasteiger partial charge in [0, 0.05) is 0 Å². The topological polar surface area (TPSA) is 102 Å². The molecule has 0 unspecified atom stereocenters. The molecule has 26 heavy (non-hydrogen) atoms. The molecular weight excluding hydrogens is 334 g/mol. The van der Waals surface area contributed by atoms with Crippen LogP contribution in [-0.4, -0.2) is 33.3 Å². The van der Waals surface area contributed by atoms with E-state index in [1.165, 1.54) is 0 Å². The average Bonchev–Trinajstić information content (AvgIpc) is 3.22. The Bertz CT molecular complexity index is 781. The molecule has 0 bridgehead atoms. The van der Waals surface area contributed by atoms with Gasteiger partial charge >= 0.3 is 6.09 Å². The van der Waals surface area contributed by atoms with Gasteiger partial charge < -0.3 is 14.8 Å². The number of carbonyl (C=O) groups excluding carboxylic acids is 1. The van der Waals surface area contributed by atoms with E-state index in [1.54, 1.807) is 0 Å². The van der Waals surface area contributed by atoms with Gasteiger partial charge in [0.1, 0.15) is 12.6 Å². The number of nitrogens with zero attached hydrogens (tertiary/aromatic N) is 3. The molecule has 1 amide bonds. The molecule has 0 fully saturated rings. The maximum absolute atomic E-state index is 12.1. The summed E-state index contributed by atoms with van der Waals surface area (Å²) in [5, 5.41) is 16.4. The smallest absolute Gasteiger partial charge is 0.408 e. The van der Waals surface area contributed by atoms with E-state index in [9.17, 15) is 4.79 Å². The van der Waals surface area contributed by atoms with E-state index in [0.717, 1.165) is 11.1 Å². The molecule has 1 heterocycles. The van der Waals surface area contributed by atoms with Crippen LogP contribution in [0.25, 0.3) is 0 Å². The summed E-state index contributed by atoms with van der Waals surface area (Å²) in [5.74, 6) is 0.328. The zero-order valence-electron chi connectivity index (χ0n) is 14.0. The lowest BCUT2D eigenvalue weighted by molar-refractivity contribution is 0.0867. The van der Waals surface area contributed by atoms with Crippen molar-refractivity contribution < 1.29 is 14.3 Å². The second-order valence-electron chi connectivity index (χ2n) is 5.53. The summed E-state index contributed by atoms with van der Waals surface area (Å²) in [6.45, 7) is 0.779. The van der Waals surface area contributed by atoms with Crippen molar-refractivity contribution in [3.63, 3.8) is 0 Å². The molecule has 1 aromatic heterocycles. The van der Waals surface area contributed by atoms with Crippen LogP contribution in [0.5, 0.6) is 0 Å². The van der Waals surface area contributed by atoms with Gasteiger partial charge in [0.25, 0.3) is 0 Å². The zero-order chi connectivity index (χ0) is 18.0. The Kier molecular flexibility index (Phi) is 6.27. The third kappa shape index (κ3) is 5.38. The van der Waals surface area contributed by atoms with Crippen LogP contribution in [-0.2, 0) is 22.7 Å². The van der Waals surface area contributed by atoms with Gasteiger partial charge in [0.2, 0.25) is 0 Å². The highest BCUT2D eigenvalue weighted by Crippen LogP contribution is 2.10. The van der Waals surface area contributed by atoms with Crippen LogP contribution in [0.2, 0.25) is 0 Å². The molecule has 8 nitrogen and oxygen atoms in total. The van der Waals surface area contributed by atoms with Gasteiger partial charge in [-0.2, -0.15) is 5.21 Å². The predicted molar refractivity (Wildman–Crippen MR) is 92.8 cm³/mol. The van der Waals surface area contributed by atoms with E-state index in [4.69, 9.17) is 9.47 Å². The Morgan fingerprint density at radius 1 is 1.00 bits per heavy atom. The maximum atomic E-state index is 12.1. The molecule has 0 aliphatic carbocycles. The summed E-state index contributed by atoms with van der Waals surface area (Å²) in [6.07, 6.45) is -0.577. The van der Waals surface area contributed by atoms with Crippen molar-refractivity contribution in [1.82, 2.24) is 25.9 Å². The number of H-pyrrole nitrogens is 1.